The van der Waals surface area contributed by atoms with Crippen LogP contribution in [0.15, 0.2) is 81.2 Å². The molecule has 1 fully saturated rings. The van der Waals surface area contributed by atoms with Crippen LogP contribution in [0.4, 0.5) is 5.69 Å². The maximum absolute atomic E-state index is 13.6. The monoisotopic (exact) mass is 533 g/mol. The lowest BCUT2D eigenvalue weighted by Crippen LogP contribution is -2.39. The zero-order chi connectivity index (χ0) is 26.3. The van der Waals surface area contributed by atoms with Crippen molar-refractivity contribution in [2.75, 3.05) is 24.0 Å². The minimum atomic E-state index is -3.90. The molecule has 0 aliphatic carbocycles. The normalized spacial score (nSPS) is 17.2. The molecule has 38 heavy (non-hydrogen) atoms. The third-order valence-electron chi connectivity index (χ3n) is 7.18. The Hall–Kier alpha value is -3.89. The molecule has 6 rings (SSSR count). The number of para-hydroxylation sites is 1. The van der Waals surface area contributed by atoms with Crippen LogP contribution in [-0.2, 0) is 27.7 Å². The Labute approximate surface area is 219 Å². The second kappa shape index (κ2) is 9.77. The summed E-state index contributed by atoms with van der Waals surface area (Å²) in [7, 11) is -3.90. The fourth-order valence-electron chi connectivity index (χ4n) is 5.22. The first-order chi connectivity index (χ1) is 18.4. The van der Waals surface area contributed by atoms with Crippen molar-refractivity contribution >= 4 is 32.5 Å². The van der Waals surface area contributed by atoms with E-state index in [1.807, 2.05) is 12.1 Å². The molecule has 1 saturated heterocycles. The molecule has 10 heteroatoms. The average Bonchev–Trinajstić information content (AvgIpc) is 3.70. The van der Waals surface area contributed by atoms with Crippen LogP contribution in [-0.4, -0.2) is 50.0 Å². The predicted octanol–water partition coefficient (Wildman–Crippen LogP) is 3.69. The topological polar surface area (TPSA) is 113 Å². The summed E-state index contributed by atoms with van der Waals surface area (Å²) in [5, 5.41) is 0.138. The van der Waals surface area contributed by atoms with Crippen LogP contribution in [0.1, 0.15) is 34.5 Å². The van der Waals surface area contributed by atoms with Gasteiger partial charge in [-0.15, -0.1) is 0 Å². The quantitative estimate of drug-likeness (QED) is 0.388. The van der Waals surface area contributed by atoms with E-state index in [-0.39, 0.29) is 28.5 Å². The number of pyridine rings is 1. The average molecular weight is 534 g/mol. The second-order valence-electron chi connectivity index (χ2n) is 9.59. The van der Waals surface area contributed by atoms with E-state index < -0.39 is 21.4 Å². The van der Waals surface area contributed by atoms with Crippen molar-refractivity contribution in [3.8, 4) is 0 Å². The molecule has 2 aromatic heterocycles. The van der Waals surface area contributed by atoms with Gasteiger partial charge in [-0.3, -0.25) is 13.9 Å². The Morgan fingerprint density at radius 3 is 2.79 bits per heavy atom. The molecule has 0 saturated carbocycles. The molecule has 0 bridgehead atoms. The first kappa shape index (κ1) is 24.4. The zero-order valence-corrected chi connectivity index (χ0v) is 21.4. The molecule has 2 aliphatic heterocycles. The summed E-state index contributed by atoms with van der Waals surface area (Å²) < 4.78 is 39.7. The first-order valence-corrected chi connectivity index (χ1v) is 14.1. The number of hydrogen-bond acceptors (Lipinski definition) is 6. The number of anilines is 1. The molecule has 1 amide bonds. The van der Waals surface area contributed by atoms with Crippen molar-refractivity contribution in [2.45, 2.75) is 36.8 Å². The Balaban J connectivity index is 1.36. The first-order valence-electron chi connectivity index (χ1n) is 12.6. The van der Waals surface area contributed by atoms with Crippen molar-refractivity contribution < 1.29 is 22.4 Å². The number of H-pyrrole nitrogens is 1. The molecule has 1 atom stereocenters. The fraction of sp³-hybridized carbons (Fsp3) is 0.286. The summed E-state index contributed by atoms with van der Waals surface area (Å²) in [6.07, 6.45) is 5.18. The third kappa shape index (κ3) is 4.39. The number of amides is 1. The maximum atomic E-state index is 13.6. The van der Waals surface area contributed by atoms with Gasteiger partial charge in [0.15, 0.2) is 0 Å². The van der Waals surface area contributed by atoms with Crippen molar-refractivity contribution in [2.24, 2.45) is 0 Å². The molecule has 2 aromatic carbocycles. The molecule has 1 unspecified atom stereocenters. The molecule has 1 N–H and O–H groups in total. The molecular formula is C28H27N3O6S. The standard InChI is InChI=1S/C28H27N3O6S/c32-27-23-15-22(38(34,35)31-12-11-19-5-1-2-8-26(19)31)9-10-25(23)29-16-24(27)28(33)30(17-20-6-3-13-36-20)18-21-7-4-14-37-21/h1-3,5-6,8-10,13,15-16,21H,4,7,11-12,14,17-18H2,(H,29,32). The van der Waals surface area contributed by atoms with E-state index in [1.165, 1.54) is 28.9 Å². The van der Waals surface area contributed by atoms with E-state index in [0.29, 0.717) is 43.1 Å². The van der Waals surface area contributed by atoms with Gasteiger partial charge < -0.3 is 19.0 Å². The Bertz CT molecular complexity index is 1660. The van der Waals surface area contributed by atoms with Crippen molar-refractivity contribution in [3.05, 3.63) is 94.2 Å². The molecule has 2 aliphatic rings. The lowest BCUT2D eigenvalue weighted by molar-refractivity contribution is 0.0490. The van der Waals surface area contributed by atoms with E-state index in [0.717, 1.165) is 18.4 Å². The van der Waals surface area contributed by atoms with Crippen LogP contribution in [0, 0.1) is 0 Å². The Morgan fingerprint density at radius 2 is 2.00 bits per heavy atom. The van der Waals surface area contributed by atoms with Gasteiger partial charge in [-0.2, -0.15) is 0 Å². The molecular weight excluding hydrogens is 506 g/mol. The number of rotatable bonds is 7. The maximum Gasteiger partial charge on any atom is 0.264 e. The molecule has 4 aromatic rings. The Morgan fingerprint density at radius 1 is 1.13 bits per heavy atom. The molecule has 4 heterocycles. The van der Waals surface area contributed by atoms with Gasteiger partial charge in [-0.05, 0) is 61.2 Å². The molecule has 0 spiro atoms. The van der Waals surface area contributed by atoms with Gasteiger partial charge in [0, 0.05) is 36.8 Å². The summed E-state index contributed by atoms with van der Waals surface area (Å²) in [5.74, 6) is 0.120. The van der Waals surface area contributed by atoms with E-state index >= 15 is 0 Å². The summed E-state index contributed by atoms with van der Waals surface area (Å²) in [5.41, 5.74) is 1.46. The number of carbonyl (C=O) groups excluding carboxylic acids is 1. The third-order valence-corrected chi connectivity index (χ3v) is 8.99. The lowest BCUT2D eigenvalue weighted by atomic mass is 10.1. The number of ether oxygens (including phenoxy) is 1. The number of aromatic amines is 1. The largest absolute Gasteiger partial charge is 0.467 e. The van der Waals surface area contributed by atoms with Gasteiger partial charge in [-0.1, -0.05) is 18.2 Å². The van der Waals surface area contributed by atoms with E-state index in [1.54, 1.807) is 35.2 Å². The van der Waals surface area contributed by atoms with Gasteiger partial charge in [0.25, 0.3) is 15.9 Å². The van der Waals surface area contributed by atoms with Gasteiger partial charge in [0.2, 0.25) is 5.43 Å². The number of carbonyl (C=O) groups is 1. The minimum Gasteiger partial charge on any atom is -0.467 e. The van der Waals surface area contributed by atoms with Crippen LogP contribution < -0.4 is 9.73 Å². The fourth-order valence-corrected chi connectivity index (χ4v) is 6.75. The van der Waals surface area contributed by atoms with Gasteiger partial charge in [0.1, 0.15) is 11.3 Å². The number of sulfonamides is 1. The van der Waals surface area contributed by atoms with Gasteiger partial charge in [-0.25, -0.2) is 8.42 Å². The van der Waals surface area contributed by atoms with Crippen LogP contribution in [0.2, 0.25) is 0 Å². The minimum absolute atomic E-state index is 0.00333. The van der Waals surface area contributed by atoms with Crippen LogP contribution in [0.5, 0.6) is 0 Å². The number of furan rings is 1. The second-order valence-corrected chi connectivity index (χ2v) is 11.5. The SMILES string of the molecule is O=C(c1c[nH]c2ccc(S(=O)(=O)N3CCc4ccccc43)cc2c1=O)N(Cc1ccco1)CC1CCCO1. The number of nitrogens with one attached hydrogen (secondary N) is 1. The van der Waals surface area contributed by atoms with Crippen LogP contribution in [0.3, 0.4) is 0 Å². The molecule has 9 nitrogen and oxygen atoms in total. The van der Waals surface area contributed by atoms with Gasteiger partial charge in [0.05, 0.1) is 29.5 Å². The van der Waals surface area contributed by atoms with E-state index in [9.17, 15) is 18.0 Å². The number of hydrogen-bond donors (Lipinski definition) is 1. The number of fused-ring (bicyclic) bond motifs is 2. The highest BCUT2D eigenvalue weighted by molar-refractivity contribution is 7.92. The molecule has 0 radical (unpaired) electrons. The zero-order valence-electron chi connectivity index (χ0n) is 20.6. The highest BCUT2D eigenvalue weighted by atomic mass is 32.2. The number of nitrogens with zero attached hydrogens (tertiary/aromatic N) is 2. The van der Waals surface area contributed by atoms with E-state index in [4.69, 9.17) is 9.15 Å². The smallest absolute Gasteiger partial charge is 0.264 e. The van der Waals surface area contributed by atoms with E-state index in [2.05, 4.69) is 4.98 Å². The summed E-state index contributed by atoms with van der Waals surface area (Å²) >= 11 is 0. The highest BCUT2D eigenvalue weighted by Gasteiger charge is 2.31. The Kier molecular flexibility index (Phi) is 6.29. The van der Waals surface area contributed by atoms with Crippen molar-refractivity contribution in [1.82, 2.24) is 9.88 Å². The highest BCUT2D eigenvalue weighted by Crippen LogP contribution is 2.33. The lowest BCUT2D eigenvalue weighted by Gasteiger charge is -2.24. The van der Waals surface area contributed by atoms with Gasteiger partial charge >= 0.3 is 0 Å². The summed E-state index contributed by atoms with van der Waals surface area (Å²) in [6, 6.07) is 15.3. The van der Waals surface area contributed by atoms with Crippen molar-refractivity contribution in [3.63, 3.8) is 0 Å². The van der Waals surface area contributed by atoms with Crippen LogP contribution in [0.25, 0.3) is 10.9 Å². The number of aromatic nitrogens is 1. The summed E-state index contributed by atoms with van der Waals surface area (Å²) in [4.78, 5) is 31.8. The molecule has 196 valence electrons. The summed E-state index contributed by atoms with van der Waals surface area (Å²) in [6.45, 7) is 1.48. The van der Waals surface area contributed by atoms with Crippen molar-refractivity contribution in [1.29, 1.82) is 0 Å². The van der Waals surface area contributed by atoms with Crippen LogP contribution >= 0.6 is 0 Å². The predicted molar refractivity (Wildman–Crippen MR) is 142 cm³/mol. The number of benzene rings is 2.